The fourth-order valence-electron chi connectivity index (χ4n) is 0.793. The van der Waals surface area contributed by atoms with Crippen molar-refractivity contribution in [2.24, 2.45) is 0 Å². The fraction of sp³-hybridized carbons (Fsp3) is 0.556. The van der Waals surface area contributed by atoms with Crippen LogP contribution in [0, 0.1) is 0 Å². The molecule has 0 heterocycles. The van der Waals surface area contributed by atoms with Crippen LogP contribution in [-0.2, 0) is 19.1 Å². The molecule has 0 rings (SSSR count). The first-order valence-electron chi connectivity index (χ1n) is 3.99. The maximum atomic E-state index is 11.0. The molecular weight excluding hydrogens is 172 g/mol. The number of hydrogen-bond acceptors (Lipinski definition) is 4. The highest BCUT2D eigenvalue weighted by molar-refractivity contribution is 5.89. The van der Waals surface area contributed by atoms with Crippen molar-refractivity contribution in [1.82, 2.24) is 0 Å². The zero-order chi connectivity index (χ0) is 10.3. The van der Waals surface area contributed by atoms with Gasteiger partial charge in [0.25, 0.3) is 0 Å². The third-order valence-corrected chi connectivity index (χ3v) is 1.57. The Hall–Kier alpha value is -1.32. The van der Waals surface area contributed by atoms with Gasteiger partial charge in [-0.25, -0.2) is 4.79 Å². The average molecular weight is 186 g/mol. The first-order valence-corrected chi connectivity index (χ1v) is 3.99. The summed E-state index contributed by atoms with van der Waals surface area (Å²) in [5.74, 6) is -0.763. The Balaban J connectivity index is 4.22. The topological polar surface area (TPSA) is 52.6 Å². The predicted molar refractivity (Wildman–Crippen MR) is 47.0 cm³/mol. The van der Waals surface area contributed by atoms with Gasteiger partial charge in [-0.05, 0) is 6.42 Å². The third kappa shape index (κ3) is 4.30. The smallest absolute Gasteiger partial charge is 0.333 e. The first-order chi connectivity index (χ1) is 6.15. The van der Waals surface area contributed by atoms with Crippen molar-refractivity contribution in [3.8, 4) is 0 Å². The number of methoxy groups -OCH3 is 2. The highest BCUT2D eigenvalue weighted by atomic mass is 16.5. The number of esters is 2. The molecule has 0 aromatic carbocycles. The minimum atomic E-state index is -0.397. The number of rotatable bonds is 4. The van der Waals surface area contributed by atoms with E-state index < -0.39 is 5.97 Å². The molecule has 0 amide bonds. The lowest BCUT2D eigenvalue weighted by atomic mass is 10.2. The van der Waals surface area contributed by atoms with E-state index in [4.69, 9.17) is 0 Å². The number of carbonyl (C=O) groups excluding carboxylic acids is 2. The van der Waals surface area contributed by atoms with Crippen LogP contribution in [0.25, 0.3) is 0 Å². The molecule has 0 unspecified atom stereocenters. The molecule has 0 saturated carbocycles. The second-order valence-corrected chi connectivity index (χ2v) is 2.35. The monoisotopic (exact) mass is 186 g/mol. The van der Waals surface area contributed by atoms with E-state index in [9.17, 15) is 9.59 Å². The number of hydrogen-bond donors (Lipinski definition) is 0. The molecule has 74 valence electrons. The summed E-state index contributed by atoms with van der Waals surface area (Å²) < 4.78 is 8.93. The largest absolute Gasteiger partial charge is 0.469 e. The molecular formula is C9H14O4. The molecule has 0 N–H and O–H groups in total. The van der Waals surface area contributed by atoms with Gasteiger partial charge in [0.05, 0.1) is 20.6 Å². The minimum absolute atomic E-state index is 0.106. The minimum Gasteiger partial charge on any atom is -0.469 e. The van der Waals surface area contributed by atoms with Gasteiger partial charge in [-0.1, -0.05) is 13.0 Å². The van der Waals surface area contributed by atoms with Crippen molar-refractivity contribution >= 4 is 11.9 Å². The summed E-state index contributed by atoms with van der Waals surface area (Å²) in [4.78, 5) is 21.7. The average Bonchev–Trinajstić information content (AvgIpc) is 2.17. The summed E-state index contributed by atoms with van der Waals surface area (Å²) in [5.41, 5.74) is 0.493. The number of carbonyl (C=O) groups is 2. The summed E-state index contributed by atoms with van der Waals surface area (Å²) in [5, 5.41) is 0. The van der Waals surface area contributed by atoms with E-state index in [2.05, 4.69) is 9.47 Å². The molecule has 0 aliphatic rings. The normalized spacial score (nSPS) is 10.8. The van der Waals surface area contributed by atoms with Gasteiger partial charge in [0, 0.05) is 5.57 Å². The van der Waals surface area contributed by atoms with Gasteiger partial charge in [0.1, 0.15) is 0 Å². The Morgan fingerprint density at radius 3 is 2.23 bits per heavy atom. The van der Waals surface area contributed by atoms with Gasteiger partial charge in [-0.2, -0.15) is 0 Å². The molecule has 13 heavy (non-hydrogen) atoms. The Morgan fingerprint density at radius 1 is 1.23 bits per heavy atom. The van der Waals surface area contributed by atoms with Crippen molar-refractivity contribution in [3.05, 3.63) is 11.6 Å². The van der Waals surface area contributed by atoms with Crippen molar-refractivity contribution in [1.29, 1.82) is 0 Å². The van der Waals surface area contributed by atoms with Crippen molar-refractivity contribution < 1.29 is 19.1 Å². The molecule has 0 spiro atoms. The van der Waals surface area contributed by atoms with Gasteiger partial charge in [-0.3, -0.25) is 4.79 Å². The van der Waals surface area contributed by atoms with Crippen LogP contribution in [0.1, 0.15) is 19.8 Å². The highest BCUT2D eigenvalue weighted by Gasteiger charge is 2.07. The maximum Gasteiger partial charge on any atom is 0.333 e. The summed E-state index contributed by atoms with van der Waals surface area (Å²) in [6.45, 7) is 1.82. The molecule has 0 aromatic heterocycles. The Bertz CT molecular complexity index is 218. The Kier molecular flexibility index (Phi) is 5.59. The van der Waals surface area contributed by atoms with E-state index in [1.54, 1.807) is 0 Å². The quantitative estimate of drug-likeness (QED) is 0.486. The molecule has 0 bridgehead atoms. The lowest BCUT2D eigenvalue weighted by molar-refractivity contribution is -0.139. The summed E-state index contributed by atoms with van der Waals surface area (Å²) in [6, 6.07) is 0. The van der Waals surface area contributed by atoms with Gasteiger partial charge in [0.15, 0.2) is 0 Å². The zero-order valence-electron chi connectivity index (χ0n) is 8.12. The molecule has 0 aliphatic heterocycles. The van der Waals surface area contributed by atoms with Crippen LogP contribution in [0.15, 0.2) is 11.6 Å². The van der Waals surface area contributed by atoms with Gasteiger partial charge >= 0.3 is 11.9 Å². The predicted octanol–water partition coefficient (Wildman–Crippen LogP) is 1.06. The first kappa shape index (κ1) is 11.7. The van der Waals surface area contributed by atoms with Crippen LogP contribution in [0.3, 0.4) is 0 Å². The van der Waals surface area contributed by atoms with Crippen LogP contribution < -0.4 is 0 Å². The van der Waals surface area contributed by atoms with Gasteiger partial charge < -0.3 is 9.47 Å². The Morgan fingerprint density at radius 2 is 1.85 bits per heavy atom. The Labute approximate surface area is 77.5 Å². The van der Waals surface area contributed by atoms with Crippen LogP contribution in [0.2, 0.25) is 0 Å². The molecule has 0 aliphatic carbocycles. The molecule has 0 saturated heterocycles. The van der Waals surface area contributed by atoms with E-state index in [1.807, 2.05) is 6.92 Å². The van der Waals surface area contributed by atoms with Crippen LogP contribution in [-0.4, -0.2) is 26.2 Å². The second-order valence-electron chi connectivity index (χ2n) is 2.35. The second kappa shape index (κ2) is 6.22. The summed E-state index contributed by atoms with van der Waals surface area (Å²) >= 11 is 0. The van der Waals surface area contributed by atoms with Crippen molar-refractivity contribution in [2.75, 3.05) is 14.2 Å². The lowest BCUT2D eigenvalue weighted by Gasteiger charge is -2.01. The third-order valence-electron chi connectivity index (χ3n) is 1.57. The maximum absolute atomic E-state index is 11.0. The van der Waals surface area contributed by atoms with Crippen LogP contribution in [0.5, 0.6) is 0 Å². The van der Waals surface area contributed by atoms with E-state index in [1.165, 1.54) is 20.3 Å². The van der Waals surface area contributed by atoms with E-state index in [0.717, 1.165) is 0 Å². The van der Waals surface area contributed by atoms with Crippen LogP contribution in [0.4, 0.5) is 0 Å². The van der Waals surface area contributed by atoms with E-state index in [0.29, 0.717) is 12.0 Å². The van der Waals surface area contributed by atoms with Crippen molar-refractivity contribution in [2.45, 2.75) is 19.8 Å². The fourth-order valence-corrected chi connectivity index (χ4v) is 0.793. The molecule has 0 atom stereocenters. The SMILES string of the molecule is CC/C(=C/CC(=O)OC)C(=O)OC. The zero-order valence-corrected chi connectivity index (χ0v) is 8.12. The van der Waals surface area contributed by atoms with Crippen molar-refractivity contribution in [3.63, 3.8) is 0 Å². The van der Waals surface area contributed by atoms with Gasteiger partial charge in [-0.15, -0.1) is 0 Å². The van der Waals surface area contributed by atoms with Gasteiger partial charge in [0.2, 0.25) is 0 Å². The summed E-state index contributed by atoms with van der Waals surface area (Å²) in [7, 11) is 2.61. The molecule has 0 radical (unpaired) electrons. The van der Waals surface area contributed by atoms with Crippen LogP contribution >= 0.6 is 0 Å². The number of ether oxygens (including phenoxy) is 2. The summed E-state index contributed by atoms with van der Waals surface area (Å²) in [6.07, 6.45) is 2.18. The van der Waals surface area contributed by atoms with E-state index >= 15 is 0 Å². The van der Waals surface area contributed by atoms with E-state index in [-0.39, 0.29) is 12.4 Å². The highest BCUT2D eigenvalue weighted by Crippen LogP contribution is 2.04. The lowest BCUT2D eigenvalue weighted by Crippen LogP contribution is -2.05. The molecule has 4 nitrogen and oxygen atoms in total. The molecule has 4 heteroatoms. The molecule has 0 fully saturated rings. The standard InChI is InChI=1S/C9H14O4/c1-4-7(9(11)13-3)5-6-8(10)12-2/h5H,4,6H2,1-3H3/b7-5-. The molecule has 0 aromatic rings.